The maximum Gasteiger partial charge on any atom is 0.187 e. The molecule has 3 nitrogen and oxygen atoms in total. The molecule has 0 radical (unpaired) electrons. The Labute approximate surface area is 156 Å². The largest absolute Gasteiger partial charge is 0.454 e. The Hall–Kier alpha value is -2.44. The Morgan fingerprint density at radius 2 is 1.64 bits per heavy atom. The lowest BCUT2D eigenvalue weighted by molar-refractivity contribution is 0.595. The summed E-state index contributed by atoms with van der Waals surface area (Å²) in [6, 6.07) is 18.0. The van der Waals surface area contributed by atoms with Crippen LogP contribution >= 0.6 is 27.3 Å². The molecule has 1 N–H and O–H groups in total. The summed E-state index contributed by atoms with van der Waals surface area (Å²) in [5.74, 6) is 1.24. The topological polar surface area (TPSA) is 38.1 Å². The van der Waals surface area contributed by atoms with E-state index in [1.54, 1.807) is 12.1 Å². The maximum atomic E-state index is 13.0. The molecule has 0 atom stereocenters. The zero-order valence-electron chi connectivity index (χ0n) is 12.9. The van der Waals surface area contributed by atoms with Gasteiger partial charge in [0.05, 0.1) is 0 Å². The van der Waals surface area contributed by atoms with Gasteiger partial charge in [-0.15, -0.1) is 11.3 Å². The van der Waals surface area contributed by atoms with E-state index < -0.39 is 0 Å². The van der Waals surface area contributed by atoms with Crippen LogP contribution in [-0.2, 0) is 0 Å². The second kappa shape index (κ2) is 6.82. The molecule has 0 saturated heterocycles. The van der Waals surface area contributed by atoms with E-state index in [1.165, 1.54) is 23.5 Å². The predicted octanol–water partition coefficient (Wildman–Crippen LogP) is 6.72. The van der Waals surface area contributed by atoms with Gasteiger partial charge in [-0.05, 0) is 48.5 Å². The number of anilines is 2. The number of hydrogen-bond acceptors (Lipinski definition) is 4. The van der Waals surface area contributed by atoms with Crippen molar-refractivity contribution in [2.45, 2.75) is 0 Å². The molecule has 0 aliphatic rings. The van der Waals surface area contributed by atoms with Crippen molar-refractivity contribution in [2.24, 2.45) is 0 Å². The molecular formula is C19H12BrFN2OS. The van der Waals surface area contributed by atoms with E-state index in [0.717, 1.165) is 32.3 Å². The van der Waals surface area contributed by atoms with Crippen LogP contribution in [0.4, 0.5) is 15.2 Å². The first-order valence-electron chi connectivity index (χ1n) is 7.52. The second-order valence-electron chi connectivity index (χ2n) is 5.34. The van der Waals surface area contributed by atoms with Crippen LogP contribution in [0, 0.1) is 5.82 Å². The summed E-state index contributed by atoms with van der Waals surface area (Å²) in [7, 11) is 0. The number of thiazole rings is 1. The molecule has 0 aliphatic heterocycles. The van der Waals surface area contributed by atoms with Crippen molar-refractivity contribution in [3.05, 3.63) is 76.3 Å². The smallest absolute Gasteiger partial charge is 0.187 e. The first kappa shape index (κ1) is 16.1. The summed E-state index contributed by atoms with van der Waals surface area (Å²) >= 11 is 4.90. The van der Waals surface area contributed by atoms with Gasteiger partial charge >= 0.3 is 0 Å². The van der Waals surface area contributed by atoms with Crippen molar-refractivity contribution >= 4 is 38.1 Å². The number of furan rings is 1. The van der Waals surface area contributed by atoms with Gasteiger partial charge in [-0.2, -0.15) is 0 Å². The lowest BCUT2D eigenvalue weighted by atomic mass is 10.2. The Kier molecular flexibility index (Phi) is 4.38. The van der Waals surface area contributed by atoms with Gasteiger partial charge in [0.2, 0.25) is 0 Å². The second-order valence-corrected chi connectivity index (χ2v) is 7.11. The molecule has 4 aromatic rings. The minimum absolute atomic E-state index is 0.263. The molecule has 0 unspecified atom stereocenters. The molecule has 0 bridgehead atoms. The third-order valence-electron chi connectivity index (χ3n) is 3.59. The van der Waals surface area contributed by atoms with E-state index in [-0.39, 0.29) is 5.82 Å². The van der Waals surface area contributed by atoms with Crippen LogP contribution in [0.3, 0.4) is 0 Å². The molecule has 6 heteroatoms. The fourth-order valence-electron chi connectivity index (χ4n) is 2.35. The zero-order valence-corrected chi connectivity index (χ0v) is 15.3. The average molecular weight is 415 g/mol. The molecule has 2 aromatic heterocycles. The number of benzene rings is 2. The van der Waals surface area contributed by atoms with Gasteiger partial charge in [0.15, 0.2) is 10.9 Å². The first-order chi connectivity index (χ1) is 12.2. The number of halogens is 2. The van der Waals surface area contributed by atoms with Crippen molar-refractivity contribution in [1.82, 2.24) is 4.98 Å². The van der Waals surface area contributed by atoms with E-state index in [0.29, 0.717) is 5.76 Å². The average Bonchev–Trinajstić information content (AvgIpc) is 3.27. The summed E-state index contributed by atoms with van der Waals surface area (Å²) in [4.78, 5) is 4.53. The predicted molar refractivity (Wildman–Crippen MR) is 103 cm³/mol. The minimum atomic E-state index is -0.263. The molecule has 0 fully saturated rings. The molecular weight excluding hydrogens is 403 g/mol. The van der Waals surface area contributed by atoms with Crippen LogP contribution in [0.2, 0.25) is 0 Å². The van der Waals surface area contributed by atoms with Crippen LogP contribution in [0.1, 0.15) is 0 Å². The highest BCUT2D eigenvalue weighted by Crippen LogP contribution is 2.32. The lowest BCUT2D eigenvalue weighted by Crippen LogP contribution is -1.89. The van der Waals surface area contributed by atoms with E-state index in [1.807, 2.05) is 41.8 Å². The lowest BCUT2D eigenvalue weighted by Gasteiger charge is -2.01. The van der Waals surface area contributed by atoms with Gasteiger partial charge in [0, 0.05) is 21.1 Å². The van der Waals surface area contributed by atoms with Crippen LogP contribution in [-0.4, -0.2) is 4.98 Å². The Balaban J connectivity index is 1.54. The molecule has 2 heterocycles. The van der Waals surface area contributed by atoms with E-state index in [2.05, 4.69) is 26.2 Å². The van der Waals surface area contributed by atoms with Crippen LogP contribution in [0.25, 0.3) is 22.8 Å². The highest BCUT2D eigenvalue weighted by atomic mass is 79.9. The highest BCUT2D eigenvalue weighted by Gasteiger charge is 2.11. The van der Waals surface area contributed by atoms with Crippen LogP contribution in [0.15, 0.2) is 74.9 Å². The number of hydrogen-bond donors (Lipinski definition) is 1. The highest BCUT2D eigenvalue weighted by molar-refractivity contribution is 9.10. The van der Waals surface area contributed by atoms with E-state index in [9.17, 15) is 4.39 Å². The summed E-state index contributed by atoms with van der Waals surface area (Å²) in [6.07, 6.45) is 0. The van der Waals surface area contributed by atoms with Gasteiger partial charge in [0.25, 0.3) is 0 Å². The summed E-state index contributed by atoms with van der Waals surface area (Å²) < 4.78 is 19.9. The van der Waals surface area contributed by atoms with Crippen molar-refractivity contribution in [3.8, 4) is 22.8 Å². The van der Waals surface area contributed by atoms with Crippen LogP contribution in [0.5, 0.6) is 0 Å². The molecule has 124 valence electrons. The Bertz CT molecular complexity index is 993. The van der Waals surface area contributed by atoms with E-state index >= 15 is 0 Å². The van der Waals surface area contributed by atoms with Gasteiger partial charge in [0.1, 0.15) is 17.3 Å². The molecule has 0 spiro atoms. The minimum Gasteiger partial charge on any atom is -0.454 e. The molecule has 25 heavy (non-hydrogen) atoms. The number of nitrogens with zero attached hydrogens (tertiary/aromatic N) is 1. The number of nitrogens with one attached hydrogen (secondary N) is 1. The van der Waals surface area contributed by atoms with Crippen molar-refractivity contribution in [1.29, 1.82) is 0 Å². The fourth-order valence-corrected chi connectivity index (χ4v) is 3.33. The van der Waals surface area contributed by atoms with Crippen molar-refractivity contribution < 1.29 is 8.81 Å². The summed E-state index contributed by atoms with van der Waals surface area (Å²) in [6.45, 7) is 0. The monoisotopic (exact) mass is 414 g/mol. The van der Waals surface area contributed by atoms with Crippen molar-refractivity contribution in [2.75, 3.05) is 5.32 Å². The summed E-state index contributed by atoms with van der Waals surface area (Å²) in [5.41, 5.74) is 2.56. The summed E-state index contributed by atoms with van der Waals surface area (Å²) in [5, 5.41) is 5.81. The number of aromatic nitrogens is 1. The molecule has 0 amide bonds. The van der Waals surface area contributed by atoms with Gasteiger partial charge < -0.3 is 9.73 Å². The molecule has 2 aromatic carbocycles. The van der Waals surface area contributed by atoms with Gasteiger partial charge in [-0.1, -0.05) is 28.1 Å². The Morgan fingerprint density at radius 3 is 2.40 bits per heavy atom. The molecule has 0 saturated carbocycles. The maximum absolute atomic E-state index is 13.0. The standard InChI is InChI=1S/C19H12BrFN2OS/c20-13-3-1-12(2-4-13)17-9-10-18(24-17)16-11-25-19(23-16)22-15-7-5-14(21)6-8-15/h1-11H,(H,22,23). The SMILES string of the molecule is Fc1ccc(Nc2nc(-c3ccc(-c4ccc(Br)cc4)o3)cs2)cc1. The molecule has 4 rings (SSSR count). The Morgan fingerprint density at radius 1 is 0.920 bits per heavy atom. The van der Waals surface area contributed by atoms with Crippen LogP contribution < -0.4 is 5.32 Å². The van der Waals surface area contributed by atoms with Gasteiger partial charge in [-0.3, -0.25) is 0 Å². The third-order valence-corrected chi connectivity index (χ3v) is 4.87. The number of rotatable bonds is 4. The van der Waals surface area contributed by atoms with E-state index in [4.69, 9.17) is 4.42 Å². The normalized spacial score (nSPS) is 10.8. The molecule has 0 aliphatic carbocycles. The fraction of sp³-hybridized carbons (Fsp3) is 0. The third kappa shape index (κ3) is 3.65. The van der Waals surface area contributed by atoms with Gasteiger partial charge in [-0.25, -0.2) is 9.37 Å². The zero-order chi connectivity index (χ0) is 17.2. The first-order valence-corrected chi connectivity index (χ1v) is 9.19. The van der Waals surface area contributed by atoms with Crippen molar-refractivity contribution in [3.63, 3.8) is 0 Å². The quantitative estimate of drug-likeness (QED) is 0.402.